The third-order valence-electron chi connectivity index (χ3n) is 3.52. The molecule has 0 saturated carbocycles. The molecule has 4 nitrogen and oxygen atoms in total. The molecule has 0 saturated heterocycles. The summed E-state index contributed by atoms with van der Waals surface area (Å²) < 4.78 is 1.00. The van der Waals surface area contributed by atoms with Gasteiger partial charge in [-0.25, -0.2) is 4.98 Å². The number of hydrogen-bond donors (Lipinski definition) is 2. The van der Waals surface area contributed by atoms with Gasteiger partial charge in [0.15, 0.2) is 5.82 Å². The minimum absolute atomic E-state index is 0.145. The van der Waals surface area contributed by atoms with Gasteiger partial charge in [0.2, 0.25) is 0 Å². The van der Waals surface area contributed by atoms with E-state index in [1.165, 1.54) is 5.56 Å². The Morgan fingerprint density at radius 1 is 1.09 bits per heavy atom. The number of benzene rings is 2. The lowest BCUT2D eigenvalue weighted by atomic mass is 10.1. The Morgan fingerprint density at radius 2 is 1.91 bits per heavy atom. The summed E-state index contributed by atoms with van der Waals surface area (Å²) in [5.41, 5.74) is 8.47. The zero-order valence-corrected chi connectivity index (χ0v) is 13.6. The standard InChI is InChI=1S/C17H17BrN4/c18-14-8-4-7-13(11-14)16-20-17(22-21-16)15(19)10-9-12-5-2-1-3-6-12/h1-8,11,15H,9-10,19H2,(H,20,21,22)/t15-/m1/s1. The molecule has 0 aliphatic heterocycles. The molecular weight excluding hydrogens is 340 g/mol. The van der Waals surface area contributed by atoms with Gasteiger partial charge in [0, 0.05) is 10.0 Å². The van der Waals surface area contributed by atoms with Crippen LogP contribution in [0.1, 0.15) is 23.9 Å². The summed E-state index contributed by atoms with van der Waals surface area (Å²) in [5, 5.41) is 7.22. The Balaban J connectivity index is 1.68. The van der Waals surface area contributed by atoms with Crippen LogP contribution in [0.15, 0.2) is 59.1 Å². The number of aryl methyl sites for hydroxylation is 1. The molecule has 22 heavy (non-hydrogen) atoms. The van der Waals surface area contributed by atoms with Crippen molar-refractivity contribution in [2.45, 2.75) is 18.9 Å². The smallest absolute Gasteiger partial charge is 0.181 e. The van der Waals surface area contributed by atoms with E-state index in [2.05, 4.69) is 43.2 Å². The lowest BCUT2D eigenvalue weighted by Gasteiger charge is -2.07. The molecule has 2 aromatic carbocycles. The normalized spacial score (nSPS) is 12.3. The second kappa shape index (κ2) is 6.85. The van der Waals surface area contributed by atoms with Crippen molar-refractivity contribution < 1.29 is 0 Å². The van der Waals surface area contributed by atoms with Crippen LogP contribution in [0.2, 0.25) is 0 Å². The second-order valence-corrected chi connectivity index (χ2v) is 6.10. The number of nitrogens with one attached hydrogen (secondary N) is 1. The number of rotatable bonds is 5. The van der Waals surface area contributed by atoms with Crippen LogP contribution in [0, 0.1) is 0 Å². The second-order valence-electron chi connectivity index (χ2n) is 5.19. The third kappa shape index (κ3) is 3.61. The Bertz CT molecular complexity index is 739. The topological polar surface area (TPSA) is 67.6 Å². The van der Waals surface area contributed by atoms with Gasteiger partial charge in [-0.1, -0.05) is 58.4 Å². The average Bonchev–Trinajstić information content (AvgIpc) is 3.04. The first-order valence-corrected chi connectivity index (χ1v) is 7.99. The van der Waals surface area contributed by atoms with Gasteiger partial charge in [-0.3, -0.25) is 5.10 Å². The summed E-state index contributed by atoms with van der Waals surface area (Å²) in [4.78, 5) is 4.52. The lowest BCUT2D eigenvalue weighted by molar-refractivity contribution is 0.615. The summed E-state index contributed by atoms with van der Waals surface area (Å²) in [5.74, 6) is 1.40. The van der Waals surface area contributed by atoms with Crippen molar-refractivity contribution in [3.05, 3.63) is 70.5 Å². The third-order valence-corrected chi connectivity index (χ3v) is 4.02. The zero-order valence-electron chi connectivity index (χ0n) is 12.0. The SMILES string of the molecule is N[C@H](CCc1ccccc1)c1nc(-c2cccc(Br)c2)n[nH]1. The molecule has 0 aliphatic rings. The van der Waals surface area contributed by atoms with Crippen LogP contribution in [0.3, 0.4) is 0 Å². The number of nitrogens with two attached hydrogens (primary N) is 1. The molecule has 0 radical (unpaired) electrons. The lowest BCUT2D eigenvalue weighted by Crippen LogP contribution is -2.13. The Labute approximate surface area is 137 Å². The van der Waals surface area contributed by atoms with Crippen LogP contribution in [-0.2, 0) is 6.42 Å². The summed E-state index contributed by atoms with van der Waals surface area (Å²) in [6.07, 6.45) is 1.76. The van der Waals surface area contributed by atoms with Crippen LogP contribution in [-0.4, -0.2) is 15.2 Å². The Hall–Kier alpha value is -1.98. The highest BCUT2D eigenvalue weighted by Gasteiger charge is 2.13. The molecule has 1 heterocycles. The molecule has 0 bridgehead atoms. The molecule has 5 heteroatoms. The van der Waals surface area contributed by atoms with Crippen molar-refractivity contribution in [1.82, 2.24) is 15.2 Å². The maximum Gasteiger partial charge on any atom is 0.181 e. The van der Waals surface area contributed by atoms with Gasteiger partial charge in [0.25, 0.3) is 0 Å². The van der Waals surface area contributed by atoms with Crippen molar-refractivity contribution in [3.63, 3.8) is 0 Å². The van der Waals surface area contributed by atoms with Crippen molar-refractivity contribution in [2.24, 2.45) is 5.73 Å². The van der Waals surface area contributed by atoms with Gasteiger partial charge < -0.3 is 5.73 Å². The number of hydrogen-bond acceptors (Lipinski definition) is 3. The minimum Gasteiger partial charge on any atom is -0.321 e. The first kappa shape index (κ1) is 14.9. The maximum absolute atomic E-state index is 6.22. The van der Waals surface area contributed by atoms with Crippen molar-refractivity contribution >= 4 is 15.9 Å². The quantitative estimate of drug-likeness (QED) is 0.729. The number of aromatic nitrogens is 3. The van der Waals surface area contributed by atoms with E-state index in [9.17, 15) is 0 Å². The van der Waals surface area contributed by atoms with E-state index in [0.29, 0.717) is 5.82 Å². The van der Waals surface area contributed by atoms with Crippen molar-refractivity contribution in [3.8, 4) is 11.4 Å². The summed E-state index contributed by atoms with van der Waals surface area (Å²) in [6, 6.07) is 18.1. The molecule has 3 aromatic rings. The van der Waals surface area contributed by atoms with E-state index in [1.54, 1.807) is 0 Å². The van der Waals surface area contributed by atoms with Crippen LogP contribution < -0.4 is 5.73 Å². The molecule has 3 N–H and O–H groups in total. The largest absolute Gasteiger partial charge is 0.321 e. The van der Waals surface area contributed by atoms with Gasteiger partial charge in [0.1, 0.15) is 5.82 Å². The van der Waals surface area contributed by atoms with Crippen LogP contribution in [0.25, 0.3) is 11.4 Å². The zero-order chi connectivity index (χ0) is 15.4. The van der Waals surface area contributed by atoms with E-state index in [4.69, 9.17) is 5.73 Å². The molecule has 0 unspecified atom stereocenters. The molecular formula is C17H17BrN4. The highest BCUT2D eigenvalue weighted by molar-refractivity contribution is 9.10. The number of aromatic amines is 1. The Morgan fingerprint density at radius 3 is 2.68 bits per heavy atom. The predicted octanol–water partition coefficient (Wildman–Crippen LogP) is 3.87. The summed E-state index contributed by atoms with van der Waals surface area (Å²) in [7, 11) is 0. The number of H-pyrrole nitrogens is 1. The molecule has 112 valence electrons. The van der Waals surface area contributed by atoms with E-state index >= 15 is 0 Å². The first-order valence-electron chi connectivity index (χ1n) is 7.20. The van der Waals surface area contributed by atoms with Gasteiger partial charge in [0.05, 0.1) is 6.04 Å². The van der Waals surface area contributed by atoms with Crippen LogP contribution in [0.5, 0.6) is 0 Å². The number of nitrogens with zero attached hydrogens (tertiary/aromatic N) is 2. The van der Waals surface area contributed by atoms with Gasteiger partial charge >= 0.3 is 0 Å². The monoisotopic (exact) mass is 356 g/mol. The molecule has 1 aromatic heterocycles. The van der Waals surface area contributed by atoms with E-state index in [-0.39, 0.29) is 6.04 Å². The summed E-state index contributed by atoms with van der Waals surface area (Å²) >= 11 is 3.46. The molecule has 1 atom stereocenters. The average molecular weight is 357 g/mol. The fraction of sp³-hybridized carbons (Fsp3) is 0.176. The number of halogens is 1. The predicted molar refractivity (Wildman–Crippen MR) is 91.2 cm³/mol. The fourth-order valence-corrected chi connectivity index (χ4v) is 2.70. The molecule has 3 rings (SSSR count). The van der Waals surface area contributed by atoms with Crippen molar-refractivity contribution in [1.29, 1.82) is 0 Å². The van der Waals surface area contributed by atoms with Gasteiger partial charge in [-0.15, -0.1) is 0 Å². The van der Waals surface area contributed by atoms with Gasteiger partial charge in [-0.05, 0) is 30.5 Å². The van der Waals surface area contributed by atoms with E-state index < -0.39 is 0 Å². The van der Waals surface area contributed by atoms with E-state index in [1.807, 2.05) is 42.5 Å². The molecule has 0 amide bonds. The first-order chi connectivity index (χ1) is 10.7. The van der Waals surface area contributed by atoms with Crippen molar-refractivity contribution in [2.75, 3.05) is 0 Å². The maximum atomic E-state index is 6.22. The van der Waals surface area contributed by atoms with Gasteiger partial charge in [-0.2, -0.15) is 5.10 Å². The molecule has 0 spiro atoms. The summed E-state index contributed by atoms with van der Waals surface area (Å²) in [6.45, 7) is 0. The minimum atomic E-state index is -0.145. The molecule has 0 aliphatic carbocycles. The van der Waals surface area contributed by atoms with Crippen LogP contribution in [0.4, 0.5) is 0 Å². The van der Waals surface area contributed by atoms with E-state index in [0.717, 1.165) is 28.7 Å². The molecule has 0 fully saturated rings. The fourth-order valence-electron chi connectivity index (χ4n) is 2.30. The Kier molecular flexibility index (Phi) is 4.65. The highest BCUT2D eigenvalue weighted by Crippen LogP contribution is 2.21. The van der Waals surface area contributed by atoms with Crippen LogP contribution >= 0.6 is 15.9 Å². The highest BCUT2D eigenvalue weighted by atomic mass is 79.9.